The summed E-state index contributed by atoms with van der Waals surface area (Å²) in [5.41, 5.74) is 2.35. The zero-order valence-electron chi connectivity index (χ0n) is 15.6. The first-order chi connectivity index (χ1) is 13.7. The molecule has 4 rings (SSSR count). The summed E-state index contributed by atoms with van der Waals surface area (Å²) in [6, 6.07) is 17.0. The van der Waals surface area contributed by atoms with Crippen molar-refractivity contribution in [1.29, 1.82) is 0 Å². The number of benzene rings is 2. The molecule has 0 saturated carbocycles. The van der Waals surface area contributed by atoms with Gasteiger partial charge in [-0.25, -0.2) is 4.39 Å². The molecule has 28 heavy (non-hydrogen) atoms. The minimum Gasteiger partial charge on any atom is -0.374 e. The number of halogens is 1. The van der Waals surface area contributed by atoms with Gasteiger partial charge < -0.3 is 10.1 Å². The van der Waals surface area contributed by atoms with Gasteiger partial charge in [0.1, 0.15) is 10.8 Å². The van der Waals surface area contributed by atoms with Crippen LogP contribution in [0.2, 0.25) is 0 Å². The van der Waals surface area contributed by atoms with E-state index in [4.69, 9.17) is 4.74 Å². The highest BCUT2D eigenvalue weighted by Gasteiger charge is 2.20. The second-order valence-electron chi connectivity index (χ2n) is 6.90. The van der Waals surface area contributed by atoms with Gasteiger partial charge in [0.25, 0.3) is 0 Å². The Bertz CT molecular complexity index is 872. The molecule has 1 aliphatic heterocycles. The molecule has 1 aliphatic rings. The topological polar surface area (TPSA) is 50.3 Å². The SMILES string of the molecule is Fc1ccc(Cc2nnc(NCC3CN(Cc4ccccc4)CCO3)s2)cc1. The summed E-state index contributed by atoms with van der Waals surface area (Å²) in [7, 11) is 0. The summed E-state index contributed by atoms with van der Waals surface area (Å²) < 4.78 is 18.9. The number of morpholine rings is 1. The average Bonchev–Trinajstić information content (AvgIpc) is 3.17. The summed E-state index contributed by atoms with van der Waals surface area (Å²) in [6.45, 7) is 4.23. The van der Waals surface area contributed by atoms with Crippen LogP contribution in [0.1, 0.15) is 16.1 Å². The van der Waals surface area contributed by atoms with Gasteiger partial charge in [-0.15, -0.1) is 10.2 Å². The fourth-order valence-electron chi connectivity index (χ4n) is 3.26. The lowest BCUT2D eigenvalue weighted by Gasteiger charge is -2.33. The molecule has 0 spiro atoms. The minimum atomic E-state index is -0.225. The molecule has 0 amide bonds. The molecule has 0 aliphatic carbocycles. The summed E-state index contributed by atoms with van der Waals surface area (Å²) in [6.07, 6.45) is 0.784. The maximum Gasteiger partial charge on any atom is 0.205 e. The van der Waals surface area contributed by atoms with Crippen molar-refractivity contribution in [2.45, 2.75) is 19.1 Å². The van der Waals surface area contributed by atoms with Crippen LogP contribution in [-0.2, 0) is 17.7 Å². The van der Waals surface area contributed by atoms with Crippen LogP contribution < -0.4 is 5.32 Å². The predicted molar refractivity (Wildman–Crippen MR) is 109 cm³/mol. The molecule has 1 atom stereocenters. The standard InChI is InChI=1S/C21H23FN4OS/c22-18-8-6-16(7-9-18)12-20-24-25-21(28-20)23-13-19-15-26(10-11-27-19)14-17-4-2-1-3-5-17/h1-9,19H,10-15H2,(H,23,25). The third kappa shape index (κ3) is 5.34. The highest BCUT2D eigenvalue weighted by molar-refractivity contribution is 7.15. The molecule has 146 valence electrons. The van der Waals surface area contributed by atoms with E-state index in [1.54, 1.807) is 12.1 Å². The van der Waals surface area contributed by atoms with Crippen LogP contribution >= 0.6 is 11.3 Å². The zero-order valence-corrected chi connectivity index (χ0v) is 16.4. The van der Waals surface area contributed by atoms with Gasteiger partial charge in [-0.2, -0.15) is 0 Å². The van der Waals surface area contributed by atoms with E-state index in [1.165, 1.54) is 29.0 Å². The van der Waals surface area contributed by atoms with E-state index in [2.05, 4.69) is 44.7 Å². The summed E-state index contributed by atoms with van der Waals surface area (Å²) in [4.78, 5) is 2.42. The normalized spacial score (nSPS) is 17.5. The second-order valence-corrected chi connectivity index (χ2v) is 7.96. The lowest BCUT2D eigenvalue weighted by atomic mass is 10.2. The number of hydrogen-bond donors (Lipinski definition) is 1. The van der Waals surface area contributed by atoms with Gasteiger partial charge in [0.15, 0.2) is 0 Å². The quantitative estimate of drug-likeness (QED) is 0.659. The summed E-state index contributed by atoms with van der Waals surface area (Å²) in [5.74, 6) is -0.225. The molecule has 3 aromatic rings. The average molecular weight is 399 g/mol. The Morgan fingerprint density at radius 2 is 1.89 bits per heavy atom. The molecule has 1 unspecified atom stereocenters. The first-order valence-electron chi connectivity index (χ1n) is 9.43. The molecule has 5 nitrogen and oxygen atoms in total. The van der Waals surface area contributed by atoms with Gasteiger partial charge in [-0.3, -0.25) is 4.90 Å². The Hall–Kier alpha value is -2.35. The van der Waals surface area contributed by atoms with Crippen LogP contribution in [0.4, 0.5) is 9.52 Å². The molecule has 2 heterocycles. The number of hydrogen-bond acceptors (Lipinski definition) is 6. The Morgan fingerprint density at radius 1 is 1.07 bits per heavy atom. The van der Waals surface area contributed by atoms with Crippen molar-refractivity contribution in [3.63, 3.8) is 0 Å². The molecule has 1 N–H and O–H groups in total. The fraction of sp³-hybridized carbons (Fsp3) is 0.333. The van der Waals surface area contributed by atoms with Gasteiger partial charge in [-0.05, 0) is 23.3 Å². The largest absolute Gasteiger partial charge is 0.374 e. The monoisotopic (exact) mass is 398 g/mol. The molecular formula is C21H23FN4OS. The Labute approximate surface area is 168 Å². The van der Waals surface area contributed by atoms with Crippen LogP contribution in [0.3, 0.4) is 0 Å². The first-order valence-corrected chi connectivity index (χ1v) is 10.2. The van der Waals surface area contributed by atoms with E-state index in [0.29, 0.717) is 13.0 Å². The predicted octanol–water partition coefficient (Wildman–Crippen LogP) is 3.58. The first kappa shape index (κ1) is 19.0. The zero-order chi connectivity index (χ0) is 19.2. The van der Waals surface area contributed by atoms with Gasteiger partial charge in [0, 0.05) is 32.6 Å². The lowest BCUT2D eigenvalue weighted by molar-refractivity contribution is -0.0240. The molecule has 0 radical (unpaired) electrons. The summed E-state index contributed by atoms with van der Waals surface area (Å²) >= 11 is 1.53. The van der Waals surface area contributed by atoms with Crippen molar-refractivity contribution >= 4 is 16.5 Å². The molecule has 1 fully saturated rings. The van der Waals surface area contributed by atoms with E-state index in [9.17, 15) is 4.39 Å². The molecule has 1 saturated heterocycles. The van der Waals surface area contributed by atoms with E-state index < -0.39 is 0 Å². The van der Waals surface area contributed by atoms with Crippen LogP contribution in [0, 0.1) is 5.82 Å². The van der Waals surface area contributed by atoms with Crippen molar-refractivity contribution in [2.24, 2.45) is 0 Å². The molecule has 1 aromatic heterocycles. The van der Waals surface area contributed by atoms with Gasteiger partial charge in [0.05, 0.1) is 12.7 Å². The highest BCUT2D eigenvalue weighted by atomic mass is 32.1. The smallest absolute Gasteiger partial charge is 0.205 e. The fourth-order valence-corrected chi connectivity index (χ4v) is 4.04. The Kier molecular flexibility index (Phi) is 6.26. The van der Waals surface area contributed by atoms with Crippen LogP contribution in [0.5, 0.6) is 0 Å². The Balaban J connectivity index is 1.26. The third-order valence-electron chi connectivity index (χ3n) is 4.69. The Morgan fingerprint density at radius 3 is 2.71 bits per heavy atom. The van der Waals surface area contributed by atoms with E-state index in [-0.39, 0.29) is 11.9 Å². The second kappa shape index (κ2) is 9.23. The van der Waals surface area contributed by atoms with Crippen molar-refractivity contribution in [1.82, 2.24) is 15.1 Å². The van der Waals surface area contributed by atoms with Crippen molar-refractivity contribution in [3.8, 4) is 0 Å². The number of ether oxygens (including phenoxy) is 1. The van der Waals surface area contributed by atoms with Gasteiger partial charge in [0.2, 0.25) is 5.13 Å². The molecule has 0 bridgehead atoms. The third-order valence-corrected chi connectivity index (χ3v) is 5.57. The minimum absolute atomic E-state index is 0.127. The molecular weight excluding hydrogens is 375 g/mol. The van der Waals surface area contributed by atoms with E-state index in [0.717, 1.165) is 41.9 Å². The van der Waals surface area contributed by atoms with E-state index in [1.807, 2.05) is 6.07 Å². The van der Waals surface area contributed by atoms with Gasteiger partial charge in [-0.1, -0.05) is 53.8 Å². The molecule has 2 aromatic carbocycles. The molecule has 7 heteroatoms. The lowest BCUT2D eigenvalue weighted by Crippen LogP contribution is -2.44. The van der Waals surface area contributed by atoms with Crippen molar-refractivity contribution < 1.29 is 9.13 Å². The number of aromatic nitrogens is 2. The number of anilines is 1. The van der Waals surface area contributed by atoms with Crippen LogP contribution in [-0.4, -0.2) is 47.4 Å². The van der Waals surface area contributed by atoms with Crippen molar-refractivity contribution in [2.75, 3.05) is 31.6 Å². The maximum atomic E-state index is 13.0. The number of rotatable bonds is 7. The number of nitrogens with zero attached hydrogens (tertiary/aromatic N) is 3. The van der Waals surface area contributed by atoms with Crippen LogP contribution in [0.15, 0.2) is 54.6 Å². The van der Waals surface area contributed by atoms with Crippen molar-refractivity contribution in [3.05, 3.63) is 76.5 Å². The summed E-state index contributed by atoms with van der Waals surface area (Å²) in [5, 5.41) is 13.5. The highest BCUT2D eigenvalue weighted by Crippen LogP contribution is 2.19. The maximum absolute atomic E-state index is 13.0. The number of nitrogens with one attached hydrogen (secondary N) is 1. The van der Waals surface area contributed by atoms with Gasteiger partial charge >= 0.3 is 0 Å². The van der Waals surface area contributed by atoms with E-state index >= 15 is 0 Å². The van der Waals surface area contributed by atoms with Crippen LogP contribution in [0.25, 0.3) is 0 Å².